The molecule has 0 saturated carbocycles. The summed E-state index contributed by atoms with van der Waals surface area (Å²) in [4.78, 5) is 17.0. The number of hydrogen-bond donors (Lipinski definition) is 0. The van der Waals surface area contributed by atoms with E-state index in [0.29, 0.717) is 5.65 Å². The van der Waals surface area contributed by atoms with Gasteiger partial charge in [-0.3, -0.25) is 0 Å². The molecule has 2 aromatic carbocycles. The van der Waals surface area contributed by atoms with Crippen LogP contribution in [-0.4, -0.2) is 28.0 Å². The maximum atomic E-state index is 5.10. The van der Waals surface area contributed by atoms with Crippen LogP contribution < -0.4 is 4.90 Å². The zero-order valence-electron chi connectivity index (χ0n) is 15.0. The van der Waals surface area contributed by atoms with Crippen molar-refractivity contribution in [2.45, 2.75) is 12.8 Å². The van der Waals surface area contributed by atoms with Crippen molar-refractivity contribution < 1.29 is 0 Å². The summed E-state index contributed by atoms with van der Waals surface area (Å²) in [5.74, 6) is 0. The molecule has 0 amide bonds. The molecule has 0 spiro atoms. The summed E-state index contributed by atoms with van der Waals surface area (Å²) in [6.07, 6.45) is 4.30. The van der Waals surface area contributed by atoms with Crippen LogP contribution in [0.3, 0.4) is 0 Å². The van der Waals surface area contributed by atoms with Crippen LogP contribution in [0.15, 0.2) is 72.9 Å². The fourth-order valence-corrected chi connectivity index (χ4v) is 3.75. The highest BCUT2D eigenvalue weighted by atomic mass is 15.2. The van der Waals surface area contributed by atoms with Gasteiger partial charge < -0.3 is 4.90 Å². The van der Waals surface area contributed by atoms with Gasteiger partial charge in [-0.25, -0.2) is 15.0 Å². The summed E-state index contributed by atoms with van der Waals surface area (Å²) < 4.78 is 0. The lowest BCUT2D eigenvalue weighted by molar-refractivity contribution is 0.949. The Balaban J connectivity index is 1.78. The number of benzene rings is 2. The first-order valence-corrected chi connectivity index (χ1v) is 9.43. The quantitative estimate of drug-likeness (QED) is 0.523. The number of nitrogens with zero attached hydrogens (tertiary/aromatic N) is 4. The van der Waals surface area contributed by atoms with Gasteiger partial charge in [-0.1, -0.05) is 60.7 Å². The Morgan fingerprint density at radius 1 is 0.667 bits per heavy atom. The third-order valence-electron chi connectivity index (χ3n) is 5.09. The van der Waals surface area contributed by atoms with Crippen molar-refractivity contribution in [3.8, 4) is 22.5 Å². The van der Waals surface area contributed by atoms with Crippen LogP contribution in [0, 0.1) is 0 Å². The second kappa shape index (κ2) is 6.80. The molecular weight excluding hydrogens is 332 g/mol. The van der Waals surface area contributed by atoms with Crippen LogP contribution in [0.1, 0.15) is 12.8 Å². The van der Waals surface area contributed by atoms with Crippen LogP contribution in [0.5, 0.6) is 0 Å². The predicted octanol–water partition coefficient (Wildman–Crippen LogP) is 4.96. The van der Waals surface area contributed by atoms with E-state index < -0.39 is 0 Å². The van der Waals surface area contributed by atoms with Crippen molar-refractivity contribution in [3.63, 3.8) is 0 Å². The van der Waals surface area contributed by atoms with Crippen LogP contribution in [0.4, 0.5) is 5.69 Å². The smallest absolute Gasteiger partial charge is 0.180 e. The van der Waals surface area contributed by atoms with E-state index in [1.165, 1.54) is 12.8 Å². The number of hydrogen-bond acceptors (Lipinski definition) is 4. The lowest BCUT2D eigenvalue weighted by atomic mass is 10.0. The van der Waals surface area contributed by atoms with E-state index in [9.17, 15) is 0 Å². The molecule has 1 aliphatic rings. The van der Waals surface area contributed by atoms with Crippen LogP contribution >= 0.6 is 0 Å². The summed E-state index contributed by atoms with van der Waals surface area (Å²) >= 11 is 0. The molecule has 132 valence electrons. The highest BCUT2D eigenvalue weighted by Gasteiger charge is 2.19. The topological polar surface area (TPSA) is 41.9 Å². The van der Waals surface area contributed by atoms with E-state index in [-0.39, 0.29) is 0 Å². The Morgan fingerprint density at radius 2 is 1.26 bits per heavy atom. The Morgan fingerprint density at radius 3 is 1.89 bits per heavy atom. The molecule has 5 rings (SSSR count). The fourth-order valence-electron chi connectivity index (χ4n) is 3.75. The van der Waals surface area contributed by atoms with Gasteiger partial charge in [-0.2, -0.15) is 0 Å². The molecule has 0 bridgehead atoms. The number of rotatable bonds is 3. The first-order valence-electron chi connectivity index (χ1n) is 9.43. The Hall–Kier alpha value is -3.27. The minimum atomic E-state index is 0.706. The van der Waals surface area contributed by atoms with Gasteiger partial charge in [0.05, 0.1) is 17.1 Å². The molecule has 4 nitrogen and oxygen atoms in total. The van der Waals surface area contributed by atoms with Crippen molar-refractivity contribution in [1.29, 1.82) is 0 Å². The summed E-state index contributed by atoms with van der Waals surface area (Å²) in [7, 11) is 0. The van der Waals surface area contributed by atoms with Gasteiger partial charge in [0.1, 0.15) is 5.52 Å². The van der Waals surface area contributed by atoms with Gasteiger partial charge in [0.15, 0.2) is 5.65 Å². The monoisotopic (exact) mass is 352 g/mol. The number of anilines is 1. The van der Waals surface area contributed by atoms with Crippen LogP contribution in [0.25, 0.3) is 33.7 Å². The third-order valence-corrected chi connectivity index (χ3v) is 5.09. The molecule has 0 atom stereocenters. The minimum absolute atomic E-state index is 0.706. The lowest BCUT2D eigenvalue weighted by Gasteiger charge is -2.19. The highest BCUT2D eigenvalue weighted by Crippen LogP contribution is 2.33. The summed E-state index contributed by atoms with van der Waals surface area (Å²) in [6, 6.07) is 22.6. The third kappa shape index (κ3) is 2.93. The van der Waals surface area contributed by atoms with Gasteiger partial charge in [0.2, 0.25) is 0 Å². The summed E-state index contributed by atoms with van der Waals surface area (Å²) in [5.41, 5.74) is 6.64. The van der Waals surface area contributed by atoms with Crippen molar-refractivity contribution in [2.75, 3.05) is 18.0 Å². The van der Waals surface area contributed by atoms with E-state index in [1.54, 1.807) is 0 Å². The molecule has 1 aliphatic heterocycles. The zero-order chi connectivity index (χ0) is 18.1. The van der Waals surface area contributed by atoms with E-state index in [0.717, 1.165) is 46.8 Å². The second-order valence-electron chi connectivity index (χ2n) is 6.85. The standard InChI is InChI=1S/C23H20N4/c1-3-9-17(10-4-1)20-21(18-11-5-2-6-12-18)26-23-22(25-20)19(13-14-24-23)27-15-7-8-16-27/h1-6,9-14H,7-8,15-16H2. The van der Waals surface area contributed by atoms with Crippen molar-refractivity contribution in [1.82, 2.24) is 15.0 Å². The molecular formula is C23H20N4. The SMILES string of the molecule is c1ccc(-c2nc3nccc(N4CCCC4)c3nc2-c2ccccc2)cc1. The largest absolute Gasteiger partial charge is 0.370 e. The van der Waals surface area contributed by atoms with E-state index in [1.807, 2.05) is 42.6 Å². The van der Waals surface area contributed by atoms with Crippen molar-refractivity contribution >= 4 is 16.9 Å². The van der Waals surface area contributed by atoms with E-state index in [4.69, 9.17) is 9.97 Å². The molecule has 3 heterocycles. The lowest BCUT2D eigenvalue weighted by Crippen LogP contribution is -2.18. The van der Waals surface area contributed by atoms with Gasteiger partial charge in [-0.15, -0.1) is 0 Å². The van der Waals surface area contributed by atoms with E-state index in [2.05, 4.69) is 40.2 Å². The molecule has 0 unspecified atom stereocenters. The Kier molecular flexibility index (Phi) is 4.02. The minimum Gasteiger partial charge on any atom is -0.370 e. The first kappa shape index (κ1) is 15.9. The molecule has 1 saturated heterocycles. The summed E-state index contributed by atoms with van der Waals surface area (Å²) in [5, 5.41) is 0. The van der Waals surface area contributed by atoms with E-state index >= 15 is 0 Å². The number of pyridine rings is 1. The number of aromatic nitrogens is 3. The first-order chi connectivity index (χ1) is 13.4. The molecule has 4 aromatic rings. The Labute approximate surface area is 158 Å². The Bertz CT molecular complexity index is 1070. The van der Waals surface area contributed by atoms with Crippen molar-refractivity contribution in [3.05, 3.63) is 72.9 Å². The molecule has 0 radical (unpaired) electrons. The van der Waals surface area contributed by atoms with Gasteiger partial charge in [-0.05, 0) is 18.9 Å². The van der Waals surface area contributed by atoms with Gasteiger partial charge in [0.25, 0.3) is 0 Å². The fraction of sp³-hybridized carbons (Fsp3) is 0.174. The second-order valence-corrected chi connectivity index (χ2v) is 6.85. The molecule has 4 heteroatoms. The van der Waals surface area contributed by atoms with Crippen LogP contribution in [-0.2, 0) is 0 Å². The maximum absolute atomic E-state index is 5.10. The molecule has 2 aromatic heterocycles. The molecule has 1 fully saturated rings. The van der Waals surface area contributed by atoms with Gasteiger partial charge >= 0.3 is 0 Å². The average molecular weight is 352 g/mol. The molecule has 27 heavy (non-hydrogen) atoms. The van der Waals surface area contributed by atoms with Crippen LogP contribution in [0.2, 0.25) is 0 Å². The predicted molar refractivity (Wildman–Crippen MR) is 110 cm³/mol. The zero-order valence-corrected chi connectivity index (χ0v) is 15.0. The molecule has 0 aliphatic carbocycles. The maximum Gasteiger partial charge on any atom is 0.180 e. The normalized spacial score (nSPS) is 14.0. The number of fused-ring (bicyclic) bond motifs is 1. The van der Waals surface area contributed by atoms with Gasteiger partial charge in [0, 0.05) is 30.4 Å². The molecule has 0 N–H and O–H groups in total. The average Bonchev–Trinajstić information content (AvgIpc) is 3.28. The summed E-state index contributed by atoms with van der Waals surface area (Å²) in [6.45, 7) is 2.14. The highest BCUT2D eigenvalue weighted by molar-refractivity contribution is 5.91. The van der Waals surface area contributed by atoms with Crippen molar-refractivity contribution in [2.24, 2.45) is 0 Å².